The molecule has 0 saturated carbocycles. The van der Waals surface area contributed by atoms with Gasteiger partial charge in [0.15, 0.2) is 0 Å². The minimum atomic E-state index is -2.02. The smallest absolute Gasteiger partial charge is 0.0541 e. The zero-order valence-corrected chi connectivity index (χ0v) is 47.6. The first-order valence-corrected chi connectivity index (χ1v) is 31.0. The van der Waals surface area contributed by atoms with Gasteiger partial charge in [0.25, 0.3) is 0 Å². The number of fused-ring (bicyclic) bond motifs is 7. The lowest BCUT2D eigenvalue weighted by Crippen LogP contribution is -2.03. The lowest BCUT2D eigenvalue weighted by atomic mass is 9.96. The van der Waals surface area contributed by atoms with Crippen molar-refractivity contribution in [2.75, 3.05) is 0 Å². The van der Waals surface area contributed by atoms with Gasteiger partial charge in [-0.25, -0.2) is 0 Å². The summed E-state index contributed by atoms with van der Waals surface area (Å²) >= 11 is 0. The van der Waals surface area contributed by atoms with Crippen LogP contribution in [0.25, 0.3) is 116 Å². The van der Waals surface area contributed by atoms with E-state index < -0.39 is 10.0 Å². The Hall–Kier alpha value is -10.5. The van der Waals surface area contributed by atoms with Crippen molar-refractivity contribution < 1.29 is 0 Å². The van der Waals surface area contributed by atoms with Gasteiger partial charge in [-0.2, -0.15) is 0 Å². The number of benzene rings is 13. The first-order valence-electron chi connectivity index (χ1n) is 29.4. The summed E-state index contributed by atoms with van der Waals surface area (Å²) in [5, 5.41) is 4.97. The molecule has 2 heterocycles. The Morgan fingerprint density at radius 2 is 0.729 bits per heavy atom. The molecular formula is C83H57NS. The Morgan fingerprint density at radius 1 is 0.282 bits per heavy atom. The van der Waals surface area contributed by atoms with Gasteiger partial charge in [0.05, 0.1) is 11.0 Å². The predicted molar refractivity (Wildman–Crippen MR) is 361 cm³/mol. The van der Waals surface area contributed by atoms with Crippen LogP contribution in [0.3, 0.4) is 0 Å². The van der Waals surface area contributed by atoms with Crippen molar-refractivity contribution in [1.29, 1.82) is 0 Å². The molecule has 14 aromatic rings. The van der Waals surface area contributed by atoms with Crippen molar-refractivity contribution in [2.24, 2.45) is 0 Å². The van der Waals surface area contributed by atoms with Crippen molar-refractivity contribution >= 4 is 53.8 Å². The second kappa shape index (κ2) is 21.0. The normalized spacial score (nSPS) is 13.7. The fourth-order valence-corrected chi connectivity index (χ4v) is 17.6. The van der Waals surface area contributed by atoms with E-state index >= 15 is 0 Å². The molecule has 16 rings (SSSR count). The second-order valence-electron chi connectivity index (χ2n) is 22.3. The average Bonchev–Trinajstić information content (AvgIpc) is 1.74. The summed E-state index contributed by atoms with van der Waals surface area (Å²) < 4.78 is 2.53. The van der Waals surface area contributed by atoms with Crippen molar-refractivity contribution in [1.82, 2.24) is 4.57 Å². The zero-order chi connectivity index (χ0) is 56.3. The number of hydrogen-bond acceptors (Lipinski definition) is 0. The van der Waals surface area contributed by atoms with E-state index in [9.17, 15) is 0 Å². The van der Waals surface area contributed by atoms with Crippen LogP contribution in [-0.2, 0) is 0 Å². The molecule has 1 aromatic heterocycles. The van der Waals surface area contributed by atoms with Gasteiger partial charge >= 0.3 is 0 Å². The first kappa shape index (κ1) is 50.2. The Bertz CT molecular complexity index is 4910. The van der Waals surface area contributed by atoms with Crippen LogP contribution >= 0.6 is 10.0 Å². The van der Waals surface area contributed by atoms with Gasteiger partial charge in [0.1, 0.15) is 0 Å². The van der Waals surface area contributed by atoms with Crippen molar-refractivity contribution in [3.05, 3.63) is 345 Å². The summed E-state index contributed by atoms with van der Waals surface area (Å²) in [5.41, 5.74) is 23.2. The van der Waals surface area contributed by atoms with Crippen LogP contribution in [0.1, 0.15) is 17.5 Å². The van der Waals surface area contributed by atoms with E-state index in [-0.39, 0.29) is 0 Å². The van der Waals surface area contributed by atoms with E-state index in [1.54, 1.807) is 0 Å². The average molecular weight is 1100 g/mol. The molecule has 400 valence electrons. The number of rotatable bonds is 10. The van der Waals surface area contributed by atoms with Crippen LogP contribution in [0, 0.1) is 0 Å². The van der Waals surface area contributed by atoms with Gasteiger partial charge in [-0.15, -0.1) is 10.0 Å². The highest BCUT2D eigenvalue weighted by molar-refractivity contribution is 8.34. The number of aromatic nitrogens is 1. The minimum absolute atomic E-state index is 0.830. The lowest BCUT2D eigenvalue weighted by molar-refractivity contribution is 1.16. The third-order valence-corrected chi connectivity index (χ3v) is 21.5. The first-order chi connectivity index (χ1) is 42.1. The second-order valence-corrected chi connectivity index (χ2v) is 25.4. The molecule has 0 N–H and O–H groups in total. The molecular weight excluding hydrogens is 1040 g/mol. The van der Waals surface area contributed by atoms with Gasteiger partial charge in [-0.3, -0.25) is 0 Å². The Balaban J connectivity index is 0.847. The lowest BCUT2D eigenvalue weighted by Gasteiger charge is -2.39. The maximum absolute atomic E-state index is 2.55. The summed E-state index contributed by atoms with van der Waals surface area (Å²) in [5.74, 6) is 0. The number of nitrogens with zero attached hydrogens (tertiary/aromatic N) is 1. The molecule has 1 nitrogen and oxygen atoms in total. The van der Waals surface area contributed by atoms with E-state index in [1.807, 2.05) is 0 Å². The van der Waals surface area contributed by atoms with Crippen LogP contribution in [0.15, 0.2) is 353 Å². The fourth-order valence-electron chi connectivity index (χ4n) is 13.3. The Kier molecular flexibility index (Phi) is 12.4. The van der Waals surface area contributed by atoms with Crippen LogP contribution in [0.2, 0.25) is 0 Å². The van der Waals surface area contributed by atoms with Crippen LogP contribution in [0.4, 0.5) is 0 Å². The van der Waals surface area contributed by atoms with E-state index in [0.717, 1.165) is 12.1 Å². The SMILES string of the molecule is C1=CC(c2ccc(-c3ccccc3)cc2)=CC=C(c2ccc3c(c2)c2cc(-c4ccc(-c5ccc(-c6ccccc6)cc5)cc4)ccc2n3-c2ccc3c(c2)S(c2ccccc2)(c2ccccc2)c2cc(-c4cccc5ccccc45)ccc2-3)C1. The van der Waals surface area contributed by atoms with E-state index in [0.29, 0.717) is 0 Å². The van der Waals surface area contributed by atoms with E-state index in [1.165, 1.54) is 141 Å². The minimum Gasteiger partial charge on any atom is -0.309 e. The van der Waals surface area contributed by atoms with Gasteiger partial charge in [-0.1, -0.05) is 267 Å². The Morgan fingerprint density at radius 3 is 1.33 bits per heavy atom. The van der Waals surface area contributed by atoms with Gasteiger partial charge < -0.3 is 4.57 Å². The number of hydrogen-bond donors (Lipinski definition) is 0. The molecule has 0 saturated heterocycles. The Labute approximate surface area is 498 Å². The van der Waals surface area contributed by atoms with E-state index in [4.69, 9.17) is 0 Å². The number of allylic oxidation sites excluding steroid dienone is 6. The molecule has 0 fully saturated rings. The summed E-state index contributed by atoms with van der Waals surface area (Å²) in [6.07, 6.45) is 10.1. The van der Waals surface area contributed by atoms with Gasteiger partial charge in [0.2, 0.25) is 0 Å². The van der Waals surface area contributed by atoms with Crippen LogP contribution in [-0.4, -0.2) is 4.57 Å². The van der Waals surface area contributed by atoms with Crippen molar-refractivity contribution in [3.63, 3.8) is 0 Å². The highest BCUT2D eigenvalue weighted by atomic mass is 32.3. The molecule has 13 aromatic carbocycles. The summed E-state index contributed by atoms with van der Waals surface area (Å²) in [6.45, 7) is 0. The summed E-state index contributed by atoms with van der Waals surface area (Å²) in [6, 6.07) is 115. The molecule has 0 bridgehead atoms. The van der Waals surface area contributed by atoms with Crippen LogP contribution < -0.4 is 0 Å². The molecule has 0 radical (unpaired) electrons. The topological polar surface area (TPSA) is 4.93 Å². The zero-order valence-electron chi connectivity index (χ0n) is 46.8. The van der Waals surface area contributed by atoms with Crippen LogP contribution in [0.5, 0.6) is 0 Å². The largest absolute Gasteiger partial charge is 0.309 e. The van der Waals surface area contributed by atoms with Crippen molar-refractivity contribution in [3.8, 4) is 72.4 Å². The molecule has 1 aliphatic heterocycles. The highest BCUT2D eigenvalue weighted by Gasteiger charge is 2.42. The monoisotopic (exact) mass is 1100 g/mol. The van der Waals surface area contributed by atoms with Gasteiger partial charge in [0, 0.05) is 36.0 Å². The molecule has 0 amide bonds. The maximum Gasteiger partial charge on any atom is 0.0541 e. The maximum atomic E-state index is 2.55. The third kappa shape index (κ3) is 8.72. The molecule has 1 aliphatic carbocycles. The molecule has 0 atom stereocenters. The van der Waals surface area contributed by atoms with Gasteiger partial charge in [-0.05, 0) is 173 Å². The molecule has 0 spiro atoms. The molecule has 85 heavy (non-hydrogen) atoms. The predicted octanol–water partition coefficient (Wildman–Crippen LogP) is 23.0. The molecule has 2 aliphatic rings. The standard InChI is InChI=1S/C83H57NS/c1-5-17-57(18-6-1)61-33-37-63(38-34-61)59-22-15-23-60(32-31-59)68-46-51-80-78(53-68)79-54-69(66-43-41-65(42-44-66)64-39-35-62(36-40-64)58-19-7-2-8-20-58)47-52-81(79)84(80)71-48-50-77-76-49-45-70(75-30-16-24-67-21-13-14-29-74(67)75)55-82(76)85(83(77)56-71,72-25-9-3-10-26-72)73-27-11-4-12-28-73/h1-22,24-56H,23H2. The summed E-state index contributed by atoms with van der Waals surface area (Å²) in [4.78, 5) is 5.39. The quantitative estimate of drug-likeness (QED) is 0.129. The summed E-state index contributed by atoms with van der Waals surface area (Å²) in [7, 11) is -2.02. The highest BCUT2D eigenvalue weighted by Crippen LogP contribution is 2.80. The third-order valence-electron chi connectivity index (χ3n) is 17.6. The van der Waals surface area contributed by atoms with E-state index in [2.05, 4.69) is 338 Å². The fraction of sp³-hybridized carbons (Fsp3) is 0.0120. The van der Waals surface area contributed by atoms with Crippen molar-refractivity contribution in [2.45, 2.75) is 26.0 Å². The molecule has 0 unspecified atom stereocenters. The molecule has 2 heteroatoms.